The van der Waals surface area contributed by atoms with Gasteiger partial charge in [0.05, 0.1) is 0 Å². The van der Waals surface area contributed by atoms with E-state index in [1.165, 1.54) is 10.4 Å². The van der Waals surface area contributed by atoms with E-state index in [4.69, 9.17) is 9.68 Å². The van der Waals surface area contributed by atoms with Crippen LogP contribution in [-0.4, -0.2) is 9.52 Å². The molecular weight excluding hydrogens is 218 g/mol. The van der Waals surface area contributed by atoms with Crippen molar-refractivity contribution in [1.29, 1.82) is 0 Å². The highest BCUT2D eigenvalue weighted by atomic mass is 28.2. The van der Waals surface area contributed by atoms with Gasteiger partial charge >= 0.3 is 0 Å². The highest BCUT2D eigenvalue weighted by Crippen LogP contribution is 2.10. The summed E-state index contributed by atoms with van der Waals surface area (Å²) in [7, 11) is 0.542. The molecule has 0 atom stereocenters. The Labute approximate surface area is 95.7 Å². The zero-order chi connectivity index (χ0) is 10.8. The van der Waals surface area contributed by atoms with Gasteiger partial charge in [-0.05, 0) is 22.5 Å². The van der Waals surface area contributed by atoms with Crippen LogP contribution >= 0.6 is 0 Å². The molecule has 0 aromatic heterocycles. The number of fused-ring (bicyclic) bond motifs is 2. The summed E-state index contributed by atoms with van der Waals surface area (Å²) in [6.45, 7) is 0. The van der Waals surface area contributed by atoms with E-state index >= 15 is 0 Å². The number of para-hydroxylation sites is 2. The van der Waals surface area contributed by atoms with Crippen LogP contribution in [0.2, 0.25) is 0 Å². The van der Waals surface area contributed by atoms with Gasteiger partial charge < -0.3 is 9.68 Å². The Morgan fingerprint density at radius 2 is 1.25 bits per heavy atom. The summed E-state index contributed by atoms with van der Waals surface area (Å²) in [4.78, 5) is 10.6. The molecule has 4 heteroatoms. The molecule has 0 unspecified atom stereocenters. The molecule has 0 fully saturated rings. The maximum atomic E-state index is 5.32. The molecule has 2 radical (unpaired) electrons. The quantitative estimate of drug-likeness (QED) is 0.666. The van der Waals surface area contributed by atoms with E-state index in [0.717, 1.165) is 11.5 Å². The highest BCUT2D eigenvalue weighted by Gasteiger charge is 2.13. The Bertz CT molecular complexity index is 470. The lowest BCUT2D eigenvalue weighted by molar-refractivity contribution is -0.0180. The van der Waals surface area contributed by atoms with Crippen LogP contribution in [0.25, 0.3) is 0 Å². The predicted octanol–water partition coefficient (Wildman–Crippen LogP) is 0.532. The fourth-order valence-electron chi connectivity index (χ4n) is 1.57. The van der Waals surface area contributed by atoms with Gasteiger partial charge in [0.25, 0.3) is 0 Å². The van der Waals surface area contributed by atoms with Crippen molar-refractivity contribution >= 4 is 19.9 Å². The zero-order valence-corrected chi connectivity index (χ0v) is 9.44. The van der Waals surface area contributed by atoms with Gasteiger partial charge in [0, 0.05) is 5.64 Å². The van der Waals surface area contributed by atoms with Crippen LogP contribution in [-0.2, 0) is 0 Å². The van der Waals surface area contributed by atoms with Gasteiger partial charge in [-0.15, -0.1) is 0 Å². The Balaban J connectivity index is 2.06. The molecule has 3 nitrogen and oxygen atoms in total. The lowest BCUT2D eigenvalue weighted by Crippen LogP contribution is -2.37. The van der Waals surface area contributed by atoms with Crippen molar-refractivity contribution in [1.82, 2.24) is 5.64 Å². The summed E-state index contributed by atoms with van der Waals surface area (Å²) in [6, 6.07) is 15.9. The molecule has 2 aromatic rings. The molecule has 1 N–H and O–H groups in total. The van der Waals surface area contributed by atoms with E-state index in [2.05, 4.69) is 17.8 Å². The number of rotatable bonds is 0. The second kappa shape index (κ2) is 4.00. The first-order chi connectivity index (χ1) is 7.93. The standard InChI is InChI=1S/C12H9NO2Si/c1-3-7-11-9(5-1)14-13-15-10-6-2-4-8-12(10)16-11/h1-8,13H. The minimum absolute atomic E-state index is 0.542. The zero-order valence-electron chi connectivity index (χ0n) is 8.44. The molecule has 1 aliphatic rings. The van der Waals surface area contributed by atoms with Crippen molar-refractivity contribution in [3.8, 4) is 11.5 Å². The monoisotopic (exact) mass is 227 g/mol. The van der Waals surface area contributed by atoms with Gasteiger partial charge in [-0.2, -0.15) is 0 Å². The lowest BCUT2D eigenvalue weighted by Gasteiger charge is -2.17. The summed E-state index contributed by atoms with van der Waals surface area (Å²) in [6.07, 6.45) is 0. The van der Waals surface area contributed by atoms with E-state index in [1.807, 2.05) is 36.4 Å². The van der Waals surface area contributed by atoms with Gasteiger partial charge in [-0.25, -0.2) is 0 Å². The van der Waals surface area contributed by atoms with E-state index in [0.29, 0.717) is 9.52 Å². The predicted molar refractivity (Wildman–Crippen MR) is 62.3 cm³/mol. The lowest BCUT2D eigenvalue weighted by atomic mass is 10.3. The molecule has 3 rings (SSSR count). The summed E-state index contributed by atoms with van der Waals surface area (Å²) in [5.74, 6) is 1.63. The average molecular weight is 227 g/mol. The maximum Gasteiger partial charge on any atom is 0.150 e. The Hall–Kier alpha value is -1.78. The van der Waals surface area contributed by atoms with Crippen molar-refractivity contribution in [2.45, 2.75) is 0 Å². The number of hydrogen-bond donors (Lipinski definition) is 1. The second-order valence-electron chi connectivity index (χ2n) is 3.40. The first-order valence-corrected chi connectivity index (χ1v) is 5.97. The largest absolute Gasteiger partial charge is 0.374 e. The van der Waals surface area contributed by atoms with Crippen LogP contribution in [0.4, 0.5) is 0 Å². The van der Waals surface area contributed by atoms with Gasteiger partial charge in [-0.3, -0.25) is 0 Å². The van der Waals surface area contributed by atoms with Crippen LogP contribution in [0.1, 0.15) is 0 Å². The Morgan fingerprint density at radius 1 is 0.750 bits per heavy atom. The molecule has 0 saturated heterocycles. The SMILES string of the molecule is c1ccc2c(c1)ONOc1ccccc1[Si]2. The van der Waals surface area contributed by atoms with Crippen molar-refractivity contribution in [2.75, 3.05) is 0 Å². The molecule has 0 amide bonds. The van der Waals surface area contributed by atoms with E-state index in [9.17, 15) is 0 Å². The fourth-order valence-corrected chi connectivity index (χ4v) is 2.74. The van der Waals surface area contributed by atoms with Crippen molar-refractivity contribution < 1.29 is 9.68 Å². The molecule has 16 heavy (non-hydrogen) atoms. The van der Waals surface area contributed by atoms with E-state index < -0.39 is 0 Å². The minimum atomic E-state index is 0.542. The summed E-state index contributed by atoms with van der Waals surface area (Å²) < 4.78 is 0. The Morgan fingerprint density at radius 3 is 1.81 bits per heavy atom. The Kier molecular flexibility index (Phi) is 2.36. The van der Waals surface area contributed by atoms with Crippen molar-refractivity contribution in [3.63, 3.8) is 0 Å². The molecule has 0 spiro atoms. The first kappa shape index (κ1) is 9.44. The minimum Gasteiger partial charge on any atom is -0.374 e. The maximum absolute atomic E-state index is 5.32. The molecule has 2 aromatic carbocycles. The molecule has 0 aliphatic carbocycles. The highest BCUT2D eigenvalue weighted by molar-refractivity contribution is 6.69. The summed E-state index contributed by atoms with van der Waals surface area (Å²) >= 11 is 0. The third kappa shape index (κ3) is 1.68. The fraction of sp³-hybridized carbons (Fsp3) is 0. The van der Waals surface area contributed by atoms with Gasteiger partial charge in [-0.1, -0.05) is 36.4 Å². The van der Waals surface area contributed by atoms with Crippen LogP contribution < -0.4 is 25.7 Å². The number of hydrogen-bond acceptors (Lipinski definition) is 3. The number of nitrogens with one attached hydrogen (secondary N) is 1. The molecular formula is C12H9NO2Si. The number of benzene rings is 2. The smallest absolute Gasteiger partial charge is 0.150 e. The van der Waals surface area contributed by atoms with Gasteiger partial charge in [0.2, 0.25) is 0 Å². The molecule has 0 bridgehead atoms. The van der Waals surface area contributed by atoms with Gasteiger partial charge in [0.1, 0.15) is 9.52 Å². The average Bonchev–Trinajstić information content (AvgIpc) is 2.29. The topological polar surface area (TPSA) is 30.5 Å². The van der Waals surface area contributed by atoms with E-state index in [-0.39, 0.29) is 0 Å². The van der Waals surface area contributed by atoms with Crippen molar-refractivity contribution in [3.05, 3.63) is 48.5 Å². The summed E-state index contributed by atoms with van der Waals surface area (Å²) in [5.41, 5.74) is 2.50. The van der Waals surface area contributed by atoms with Crippen LogP contribution in [0.15, 0.2) is 48.5 Å². The normalized spacial score (nSPS) is 13.5. The third-order valence-electron chi connectivity index (χ3n) is 2.35. The third-order valence-corrected chi connectivity index (χ3v) is 3.71. The van der Waals surface area contributed by atoms with E-state index in [1.54, 1.807) is 0 Å². The second-order valence-corrected chi connectivity index (χ2v) is 4.73. The first-order valence-electron chi connectivity index (χ1n) is 4.97. The van der Waals surface area contributed by atoms with Crippen LogP contribution in [0.3, 0.4) is 0 Å². The molecule has 1 aliphatic heterocycles. The van der Waals surface area contributed by atoms with Gasteiger partial charge in [0.15, 0.2) is 11.5 Å². The molecule has 1 heterocycles. The van der Waals surface area contributed by atoms with Crippen molar-refractivity contribution in [2.24, 2.45) is 0 Å². The molecule has 78 valence electrons. The van der Waals surface area contributed by atoms with Crippen LogP contribution in [0, 0.1) is 0 Å². The summed E-state index contributed by atoms with van der Waals surface area (Å²) in [5, 5.41) is 2.34. The van der Waals surface area contributed by atoms with Crippen LogP contribution in [0.5, 0.6) is 11.5 Å². The molecule has 0 saturated carbocycles.